The first kappa shape index (κ1) is 40.6. The van der Waals surface area contributed by atoms with Crippen LogP contribution in [0.3, 0.4) is 0 Å². The Morgan fingerprint density at radius 2 is 0.775 bits per heavy atom. The minimum absolute atomic E-state index is 0.895. The molecule has 0 saturated heterocycles. The van der Waals surface area contributed by atoms with Crippen LogP contribution in [-0.4, -0.2) is 4.57 Å². The van der Waals surface area contributed by atoms with Gasteiger partial charge in [-0.1, -0.05) is 188 Å². The van der Waals surface area contributed by atoms with Gasteiger partial charge in [-0.2, -0.15) is 0 Å². The number of benzene rings is 12. The number of nitrogens with zero attached hydrogens (tertiary/aromatic N) is 2. The van der Waals surface area contributed by atoms with Crippen molar-refractivity contribution in [3.8, 4) is 50.2 Å². The van der Waals surface area contributed by atoms with Gasteiger partial charge in [0.1, 0.15) is 11.2 Å². The van der Waals surface area contributed by atoms with Crippen molar-refractivity contribution in [2.45, 2.75) is 0 Å². The maximum absolute atomic E-state index is 6.29. The van der Waals surface area contributed by atoms with Crippen LogP contribution in [0, 0.1) is 0 Å². The third-order valence-electron chi connectivity index (χ3n) is 14.4. The first-order valence-corrected chi connectivity index (χ1v) is 24.3. The van der Waals surface area contributed by atoms with Gasteiger partial charge in [0.05, 0.1) is 16.7 Å². The van der Waals surface area contributed by atoms with Gasteiger partial charge in [-0.3, -0.25) is 0 Å². The molecule has 332 valence electrons. The minimum Gasteiger partial charge on any atom is -0.456 e. The molecular formula is C68H44N2O. The Hall–Kier alpha value is -9.44. The van der Waals surface area contributed by atoms with Gasteiger partial charge >= 0.3 is 0 Å². The molecule has 3 heteroatoms. The zero-order valence-electron chi connectivity index (χ0n) is 38.7. The molecule has 0 atom stereocenters. The Labute approximate surface area is 411 Å². The van der Waals surface area contributed by atoms with Crippen LogP contribution in [0.2, 0.25) is 0 Å². The molecule has 0 spiro atoms. The van der Waals surface area contributed by atoms with E-state index in [-0.39, 0.29) is 0 Å². The molecule has 0 aliphatic carbocycles. The lowest BCUT2D eigenvalue weighted by Gasteiger charge is -2.28. The van der Waals surface area contributed by atoms with Gasteiger partial charge in [0, 0.05) is 44.2 Å². The number of rotatable bonds is 8. The zero-order valence-corrected chi connectivity index (χ0v) is 38.7. The fourth-order valence-corrected chi connectivity index (χ4v) is 10.9. The average Bonchev–Trinajstić information content (AvgIpc) is 3.99. The molecule has 14 rings (SSSR count). The van der Waals surface area contributed by atoms with E-state index in [0.717, 1.165) is 66.9 Å². The first-order valence-electron chi connectivity index (χ1n) is 24.3. The lowest BCUT2D eigenvalue weighted by Crippen LogP contribution is -2.11. The largest absolute Gasteiger partial charge is 0.456 e. The van der Waals surface area contributed by atoms with Gasteiger partial charge in [0.15, 0.2) is 0 Å². The number of hydrogen-bond acceptors (Lipinski definition) is 2. The number of furan rings is 1. The van der Waals surface area contributed by atoms with E-state index in [1.807, 2.05) is 12.1 Å². The molecule has 0 unspecified atom stereocenters. The fraction of sp³-hybridized carbons (Fsp3) is 0. The summed E-state index contributed by atoms with van der Waals surface area (Å²) in [6.45, 7) is 0. The molecule has 14 aromatic rings. The molecule has 0 aliphatic rings. The van der Waals surface area contributed by atoms with Gasteiger partial charge in [-0.25, -0.2) is 0 Å². The lowest BCUT2D eigenvalue weighted by molar-refractivity contribution is 0.669. The van der Waals surface area contributed by atoms with Crippen LogP contribution in [0.1, 0.15) is 0 Å². The van der Waals surface area contributed by atoms with Crippen LogP contribution in [-0.2, 0) is 0 Å². The van der Waals surface area contributed by atoms with Crippen LogP contribution in [0.25, 0.3) is 115 Å². The zero-order chi connectivity index (χ0) is 46.8. The molecule has 71 heavy (non-hydrogen) atoms. The number of anilines is 3. The van der Waals surface area contributed by atoms with E-state index in [0.29, 0.717) is 0 Å². The lowest BCUT2D eigenvalue weighted by atomic mass is 9.96. The molecule has 3 nitrogen and oxygen atoms in total. The SMILES string of the molecule is c1cc(-c2ccc(-c3ccc(N(c4ccc(-c5ccc6c(c5)oc5ccccc56)cc4)c4ccccc4-c4ccc5c(ccc6ccccc65)c4)cc3)cc2)cc(-n2c3ccccc3c3ccccc32)c1. The van der Waals surface area contributed by atoms with Crippen molar-refractivity contribution in [2.24, 2.45) is 0 Å². The van der Waals surface area contributed by atoms with Crippen molar-refractivity contribution in [1.29, 1.82) is 0 Å². The highest BCUT2D eigenvalue weighted by Crippen LogP contribution is 2.44. The van der Waals surface area contributed by atoms with E-state index in [1.54, 1.807) is 0 Å². The quantitative estimate of drug-likeness (QED) is 0.142. The summed E-state index contributed by atoms with van der Waals surface area (Å²) < 4.78 is 8.68. The molecule has 0 fully saturated rings. The Morgan fingerprint density at radius 3 is 1.49 bits per heavy atom. The molecule has 2 aromatic heterocycles. The third-order valence-corrected chi connectivity index (χ3v) is 14.4. The highest BCUT2D eigenvalue weighted by Gasteiger charge is 2.19. The Balaban J connectivity index is 0.819. The summed E-state index contributed by atoms with van der Waals surface area (Å²) >= 11 is 0. The van der Waals surface area contributed by atoms with E-state index < -0.39 is 0 Å². The maximum atomic E-state index is 6.29. The molecule has 0 aliphatic heterocycles. The third kappa shape index (κ3) is 6.97. The molecule has 0 radical (unpaired) electrons. The Morgan fingerprint density at radius 1 is 0.282 bits per heavy atom. The van der Waals surface area contributed by atoms with Gasteiger partial charge in [-0.05, 0) is 139 Å². The van der Waals surface area contributed by atoms with E-state index in [4.69, 9.17) is 4.42 Å². The van der Waals surface area contributed by atoms with Gasteiger partial charge < -0.3 is 13.9 Å². The second kappa shape index (κ2) is 16.7. The second-order valence-corrected chi connectivity index (χ2v) is 18.5. The summed E-state index contributed by atoms with van der Waals surface area (Å²) in [5.74, 6) is 0. The van der Waals surface area contributed by atoms with Crippen LogP contribution in [0.5, 0.6) is 0 Å². The summed E-state index contributed by atoms with van der Waals surface area (Å²) in [4.78, 5) is 2.39. The first-order chi connectivity index (χ1) is 35.2. The normalized spacial score (nSPS) is 11.7. The molecule has 0 N–H and O–H groups in total. The van der Waals surface area contributed by atoms with Gasteiger partial charge in [0.25, 0.3) is 0 Å². The van der Waals surface area contributed by atoms with E-state index in [2.05, 4.69) is 264 Å². The van der Waals surface area contributed by atoms with Crippen molar-refractivity contribution >= 4 is 82.4 Å². The fourth-order valence-electron chi connectivity index (χ4n) is 10.9. The highest BCUT2D eigenvalue weighted by atomic mass is 16.3. The molecule has 0 amide bonds. The van der Waals surface area contributed by atoms with Crippen molar-refractivity contribution in [1.82, 2.24) is 4.57 Å². The molecule has 0 saturated carbocycles. The van der Waals surface area contributed by atoms with E-state index in [1.165, 1.54) is 65.6 Å². The standard InChI is InChI=1S/C68H44N2O/c1-2-15-57-49(12-1)28-29-52-42-53(35-40-58(52)57)59-16-3-7-20-64(59)69(55-38-32-48(33-39-55)51-34-41-63-62-19-6-10-23-67(62)71-68(63)44-51)54-36-30-46(31-37-54)45-24-26-47(27-25-45)50-13-11-14-56(43-50)70-65-21-8-4-17-60(65)61-18-5-9-22-66(61)70/h1-44H. The predicted molar refractivity (Wildman–Crippen MR) is 299 cm³/mol. The Bertz CT molecular complexity index is 4280. The monoisotopic (exact) mass is 904 g/mol. The Kier molecular flexibility index (Phi) is 9.53. The molecule has 2 heterocycles. The number of para-hydroxylation sites is 4. The second-order valence-electron chi connectivity index (χ2n) is 18.5. The van der Waals surface area contributed by atoms with Crippen LogP contribution >= 0.6 is 0 Å². The van der Waals surface area contributed by atoms with Crippen molar-refractivity contribution in [3.05, 3.63) is 267 Å². The van der Waals surface area contributed by atoms with Crippen LogP contribution in [0.15, 0.2) is 271 Å². The smallest absolute Gasteiger partial charge is 0.136 e. The average molecular weight is 905 g/mol. The molecular weight excluding hydrogens is 861 g/mol. The summed E-state index contributed by atoms with van der Waals surface area (Å²) in [6.07, 6.45) is 0. The van der Waals surface area contributed by atoms with Crippen molar-refractivity contribution in [2.75, 3.05) is 4.90 Å². The minimum atomic E-state index is 0.895. The van der Waals surface area contributed by atoms with Gasteiger partial charge in [0.2, 0.25) is 0 Å². The van der Waals surface area contributed by atoms with Crippen molar-refractivity contribution in [3.63, 3.8) is 0 Å². The summed E-state index contributed by atoms with van der Waals surface area (Å²) in [5.41, 5.74) is 17.9. The molecule has 0 bridgehead atoms. The topological polar surface area (TPSA) is 21.3 Å². The van der Waals surface area contributed by atoms with Gasteiger partial charge in [-0.15, -0.1) is 0 Å². The number of fused-ring (bicyclic) bond motifs is 9. The molecule has 12 aromatic carbocycles. The summed E-state index contributed by atoms with van der Waals surface area (Å²) in [6, 6.07) is 96.8. The number of hydrogen-bond donors (Lipinski definition) is 0. The summed E-state index contributed by atoms with van der Waals surface area (Å²) in [5, 5.41) is 9.80. The van der Waals surface area contributed by atoms with E-state index in [9.17, 15) is 0 Å². The van der Waals surface area contributed by atoms with E-state index >= 15 is 0 Å². The van der Waals surface area contributed by atoms with Crippen molar-refractivity contribution < 1.29 is 4.42 Å². The number of aromatic nitrogens is 1. The highest BCUT2D eigenvalue weighted by molar-refractivity contribution is 6.10. The maximum Gasteiger partial charge on any atom is 0.136 e. The predicted octanol–water partition coefficient (Wildman–Crippen LogP) is 19.1. The summed E-state index contributed by atoms with van der Waals surface area (Å²) in [7, 11) is 0. The van der Waals surface area contributed by atoms with Crippen LogP contribution < -0.4 is 4.90 Å². The van der Waals surface area contributed by atoms with Crippen LogP contribution in [0.4, 0.5) is 17.1 Å².